The molecule has 2 N–H and O–H groups in total. The summed E-state index contributed by atoms with van der Waals surface area (Å²) in [6, 6.07) is 17.7. The van der Waals surface area contributed by atoms with Crippen LogP contribution in [0.25, 0.3) is 22.1 Å². The van der Waals surface area contributed by atoms with Gasteiger partial charge in [-0.15, -0.1) is 0 Å². The second kappa shape index (κ2) is 13.9. The molecule has 0 amide bonds. The first-order valence-electron chi connectivity index (χ1n) is 14.0. The average molecular weight is 546 g/mol. The Kier molecular flexibility index (Phi) is 10.1. The number of carbonyl (C=O) groups excluding carboxylic acids is 1. The van der Waals surface area contributed by atoms with Gasteiger partial charge in [-0.25, -0.2) is 0 Å². The molecule has 212 valence electrons. The van der Waals surface area contributed by atoms with E-state index in [1.807, 2.05) is 38.1 Å². The molecule has 5 rings (SSSR count). The third kappa shape index (κ3) is 7.16. The van der Waals surface area contributed by atoms with Gasteiger partial charge >= 0.3 is 5.97 Å². The molecular formula is C33H39NO6. The van der Waals surface area contributed by atoms with Gasteiger partial charge in [0.2, 0.25) is 0 Å². The highest BCUT2D eigenvalue weighted by Gasteiger charge is 2.23. The number of furan rings is 1. The molecule has 0 aliphatic heterocycles. The van der Waals surface area contributed by atoms with Crippen LogP contribution in [-0.4, -0.2) is 26.3 Å². The third-order valence-corrected chi connectivity index (χ3v) is 6.68. The standard InChI is InChI=1S/C31H33NO6.C2H6/c1-3-35-30(33)14-23-9-10-26(34-2)15-28(23)37-18-25-19-38-31-27(25)12-24(13-29(31)36-17-20-7-8-20)22-6-4-5-21(11-22)16-32;1-2/h4-6,9-13,15,19-20H,3,7-8,14,16-18,32H2,1-2H3;1-2H3. The SMILES string of the molecule is CC.CCOC(=O)Cc1ccc(OC)cc1OCc1coc2c(OCC3CC3)cc(-c3cccc(CN)c3)cc12. The molecule has 1 aliphatic carbocycles. The van der Waals surface area contributed by atoms with Gasteiger partial charge in [0.1, 0.15) is 18.1 Å². The highest BCUT2D eigenvalue weighted by molar-refractivity contribution is 5.91. The fourth-order valence-corrected chi connectivity index (χ4v) is 4.38. The summed E-state index contributed by atoms with van der Waals surface area (Å²) in [5, 5.41) is 0.918. The lowest BCUT2D eigenvalue weighted by Gasteiger charge is -2.13. The Hall–Kier alpha value is -3.97. The normalized spacial score (nSPS) is 12.4. The van der Waals surface area contributed by atoms with E-state index in [9.17, 15) is 4.79 Å². The largest absolute Gasteiger partial charge is 0.497 e. The van der Waals surface area contributed by atoms with Crippen molar-refractivity contribution >= 4 is 16.9 Å². The van der Waals surface area contributed by atoms with E-state index in [1.165, 1.54) is 12.8 Å². The van der Waals surface area contributed by atoms with E-state index in [2.05, 4.69) is 18.2 Å². The minimum absolute atomic E-state index is 0.111. The molecule has 0 bridgehead atoms. The lowest BCUT2D eigenvalue weighted by Crippen LogP contribution is -2.09. The van der Waals surface area contributed by atoms with E-state index < -0.39 is 0 Å². The molecule has 1 aromatic heterocycles. The van der Waals surface area contributed by atoms with Crippen LogP contribution in [-0.2, 0) is 29.1 Å². The van der Waals surface area contributed by atoms with Crippen LogP contribution in [0.1, 0.15) is 50.3 Å². The van der Waals surface area contributed by atoms with Gasteiger partial charge in [-0.2, -0.15) is 0 Å². The van der Waals surface area contributed by atoms with E-state index in [0.717, 1.165) is 39.0 Å². The lowest BCUT2D eigenvalue weighted by molar-refractivity contribution is -0.142. The molecule has 1 heterocycles. The fourth-order valence-electron chi connectivity index (χ4n) is 4.38. The summed E-state index contributed by atoms with van der Waals surface area (Å²) >= 11 is 0. The molecular weight excluding hydrogens is 506 g/mol. The molecule has 4 aromatic rings. The average Bonchev–Trinajstić information content (AvgIpc) is 3.74. The Balaban J connectivity index is 0.00000181. The van der Waals surface area contributed by atoms with Crippen molar-refractivity contribution < 1.29 is 28.2 Å². The van der Waals surface area contributed by atoms with Crippen LogP contribution in [0.15, 0.2) is 65.3 Å². The number of fused-ring (bicyclic) bond motifs is 1. The smallest absolute Gasteiger partial charge is 0.310 e. The second-order valence-electron chi connectivity index (χ2n) is 9.52. The highest BCUT2D eigenvalue weighted by atomic mass is 16.5. The number of ether oxygens (including phenoxy) is 4. The molecule has 1 fully saturated rings. The Labute approximate surface area is 236 Å². The first kappa shape index (κ1) is 29.0. The van der Waals surface area contributed by atoms with Crippen LogP contribution in [0.2, 0.25) is 0 Å². The zero-order chi connectivity index (χ0) is 28.5. The summed E-state index contributed by atoms with van der Waals surface area (Å²) in [4.78, 5) is 12.2. The Morgan fingerprint density at radius 1 is 0.975 bits per heavy atom. The van der Waals surface area contributed by atoms with Crippen LogP contribution < -0.4 is 19.9 Å². The summed E-state index contributed by atoms with van der Waals surface area (Å²) in [6.45, 7) is 7.50. The molecule has 0 radical (unpaired) electrons. The summed E-state index contributed by atoms with van der Waals surface area (Å²) in [6.07, 6.45) is 4.22. The molecule has 40 heavy (non-hydrogen) atoms. The summed E-state index contributed by atoms with van der Waals surface area (Å²) in [5.74, 6) is 2.22. The maximum absolute atomic E-state index is 12.2. The zero-order valence-electron chi connectivity index (χ0n) is 23.8. The van der Waals surface area contributed by atoms with Crippen molar-refractivity contribution in [2.24, 2.45) is 11.7 Å². The van der Waals surface area contributed by atoms with Crippen molar-refractivity contribution in [1.82, 2.24) is 0 Å². The number of hydrogen-bond acceptors (Lipinski definition) is 7. The molecule has 0 spiro atoms. The van der Waals surface area contributed by atoms with Crippen LogP contribution in [0.3, 0.4) is 0 Å². The van der Waals surface area contributed by atoms with Crippen molar-refractivity contribution in [2.45, 2.75) is 53.2 Å². The van der Waals surface area contributed by atoms with Crippen molar-refractivity contribution in [1.29, 1.82) is 0 Å². The van der Waals surface area contributed by atoms with Crippen molar-refractivity contribution in [3.05, 3.63) is 77.6 Å². The fraction of sp³-hybridized carbons (Fsp3) is 0.364. The van der Waals surface area contributed by atoms with E-state index in [-0.39, 0.29) is 19.0 Å². The minimum Gasteiger partial charge on any atom is -0.497 e. The minimum atomic E-state index is -0.307. The molecule has 0 saturated heterocycles. The van der Waals surface area contributed by atoms with E-state index in [1.54, 1.807) is 32.4 Å². The van der Waals surface area contributed by atoms with Gasteiger partial charge in [-0.3, -0.25) is 4.79 Å². The van der Waals surface area contributed by atoms with Gasteiger partial charge in [-0.05, 0) is 66.6 Å². The number of methoxy groups -OCH3 is 1. The van der Waals surface area contributed by atoms with Gasteiger partial charge in [0, 0.05) is 29.1 Å². The monoisotopic (exact) mass is 545 g/mol. The molecule has 0 atom stereocenters. The van der Waals surface area contributed by atoms with Gasteiger partial charge in [0.05, 0.1) is 33.0 Å². The van der Waals surface area contributed by atoms with E-state index >= 15 is 0 Å². The predicted molar refractivity (Wildman–Crippen MR) is 157 cm³/mol. The van der Waals surface area contributed by atoms with Gasteiger partial charge in [0.15, 0.2) is 11.3 Å². The van der Waals surface area contributed by atoms with Crippen LogP contribution in [0.5, 0.6) is 17.2 Å². The summed E-state index contributed by atoms with van der Waals surface area (Å²) in [5.41, 5.74) is 11.3. The van der Waals surface area contributed by atoms with Crippen LogP contribution in [0, 0.1) is 5.92 Å². The summed E-state index contributed by atoms with van der Waals surface area (Å²) in [7, 11) is 1.60. The van der Waals surface area contributed by atoms with Gasteiger partial charge in [-0.1, -0.05) is 38.1 Å². The third-order valence-electron chi connectivity index (χ3n) is 6.68. The Morgan fingerprint density at radius 3 is 2.52 bits per heavy atom. The first-order valence-corrected chi connectivity index (χ1v) is 14.0. The predicted octanol–water partition coefficient (Wildman–Crippen LogP) is 7.07. The molecule has 7 heteroatoms. The number of hydrogen-bond donors (Lipinski definition) is 1. The number of nitrogens with two attached hydrogens (primary N) is 1. The molecule has 1 aliphatic rings. The second-order valence-corrected chi connectivity index (χ2v) is 9.52. The number of benzene rings is 3. The quantitative estimate of drug-likeness (QED) is 0.190. The molecule has 3 aromatic carbocycles. The maximum Gasteiger partial charge on any atom is 0.310 e. The van der Waals surface area contributed by atoms with Gasteiger partial charge in [0.25, 0.3) is 0 Å². The first-order chi connectivity index (χ1) is 19.6. The van der Waals surface area contributed by atoms with Crippen molar-refractivity contribution in [3.63, 3.8) is 0 Å². The molecule has 0 unspecified atom stereocenters. The number of rotatable bonds is 12. The summed E-state index contributed by atoms with van der Waals surface area (Å²) < 4.78 is 29.0. The molecule has 1 saturated carbocycles. The molecule has 7 nitrogen and oxygen atoms in total. The Morgan fingerprint density at radius 2 is 1.80 bits per heavy atom. The topological polar surface area (TPSA) is 93.2 Å². The van der Waals surface area contributed by atoms with Gasteiger partial charge < -0.3 is 29.1 Å². The highest BCUT2D eigenvalue weighted by Crippen LogP contribution is 2.38. The Bertz CT molecular complexity index is 1420. The number of carbonyl (C=O) groups is 1. The number of esters is 1. The lowest BCUT2D eigenvalue weighted by atomic mass is 10.00. The van der Waals surface area contributed by atoms with E-state index in [0.29, 0.717) is 42.8 Å². The van der Waals surface area contributed by atoms with Crippen LogP contribution in [0.4, 0.5) is 0 Å². The van der Waals surface area contributed by atoms with Crippen molar-refractivity contribution in [2.75, 3.05) is 20.3 Å². The zero-order valence-corrected chi connectivity index (χ0v) is 23.8. The van der Waals surface area contributed by atoms with E-state index in [4.69, 9.17) is 29.1 Å². The van der Waals surface area contributed by atoms with Crippen molar-refractivity contribution in [3.8, 4) is 28.4 Å². The van der Waals surface area contributed by atoms with Crippen LogP contribution >= 0.6 is 0 Å². The maximum atomic E-state index is 12.2.